The normalized spacial score (nSPS) is 10.9. The van der Waals surface area contributed by atoms with Crippen molar-refractivity contribution >= 4 is 46.0 Å². The van der Waals surface area contributed by atoms with Gasteiger partial charge in [0.1, 0.15) is 11.0 Å². The van der Waals surface area contributed by atoms with Crippen LogP contribution in [-0.2, 0) is 7.05 Å². The lowest BCUT2D eigenvalue weighted by Crippen LogP contribution is -2.02. The molecule has 0 saturated carbocycles. The number of nitrogens with zero attached hydrogens (tertiary/aromatic N) is 5. The summed E-state index contributed by atoms with van der Waals surface area (Å²) in [6.07, 6.45) is 1.69. The summed E-state index contributed by atoms with van der Waals surface area (Å²) in [7, 11) is 1.91. The fourth-order valence-electron chi connectivity index (χ4n) is 3.29. The van der Waals surface area contributed by atoms with Crippen molar-refractivity contribution in [1.82, 2.24) is 29.7 Å². The fourth-order valence-corrected chi connectivity index (χ4v) is 3.29. The molecular weight excluding hydrogens is 374 g/mol. The SMILES string of the molecule is Cc1nn(C)c2c(Nc3ccc4[nH]cnc4c3)nc(-c3ccccc3)nc12.Cl. The Hall–Kier alpha value is -3.45. The Morgan fingerprint density at radius 2 is 1.86 bits per heavy atom. The molecule has 5 rings (SSSR count). The maximum Gasteiger partial charge on any atom is 0.162 e. The van der Waals surface area contributed by atoms with Crippen molar-refractivity contribution < 1.29 is 0 Å². The van der Waals surface area contributed by atoms with E-state index in [1.54, 1.807) is 6.33 Å². The van der Waals surface area contributed by atoms with Crippen LogP contribution in [0.3, 0.4) is 0 Å². The number of nitrogens with one attached hydrogen (secondary N) is 2. The number of rotatable bonds is 3. The number of fused-ring (bicyclic) bond motifs is 2. The molecular formula is C20H18ClN7. The lowest BCUT2D eigenvalue weighted by molar-refractivity contribution is 0.783. The Morgan fingerprint density at radius 1 is 1.04 bits per heavy atom. The second kappa shape index (κ2) is 6.94. The van der Waals surface area contributed by atoms with Gasteiger partial charge in [-0.2, -0.15) is 5.10 Å². The van der Waals surface area contributed by atoms with Crippen molar-refractivity contribution in [3.05, 3.63) is 60.6 Å². The average molecular weight is 392 g/mol. The van der Waals surface area contributed by atoms with Crippen molar-refractivity contribution in [2.75, 3.05) is 5.32 Å². The van der Waals surface area contributed by atoms with Crippen LogP contribution in [0.2, 0.25) is 0 Å². The van der Waals surface area contributed by atoms with Gasteiger partial charge in [0.25, 0.3) is 0 Å². The van der Waals surface area contributed by atoms with Crippen molar-refractivity contribution in [2.24, 2.45) is 7.05 Å². The first-order valence-electron chi connectivity index (χ1n) is 8.66. The molecule has 0 aliphatic heterocycles. The molecule has 0 atom stereocenters. The van der Waals surface area contributed by atoms with Gasteiger partial charge in [-0.3, -0.25) is 4.68 Å². The van der Waals surface area contributed by atoms with E-state index in [-0.39, 0.29) is 12.4 Å². The van der Waals surface area contributed by atoms with Crippen molar-refractivity contribution in [2.45, 2.75) is 6.92 Å². The number of halogens is 1. The van der Waals surface area contributed by atoms with Crippen LogP contribution in [0.1, 0.15) is 5.69 Å². The smallest absolute Gasteiger partial charge is 0.162 e. The van der Waals surface area contributed by atoms with Gasteiger partial charge >= 0.3 is 0 Å². The maximum atomic E-state index is 4.80. The van der Waals surface area contributed by atoms with Crippen LogP contribution in [0.15, 0.2) is 54.9 Å². The number of imidazole rings is 1. The Labute approximate surface area is 167 Å². The Balaban J connectivity index is 0.00000192. The molecule has 3 heterocycles. The number of H-pyrrole nitrogens is 1. The molecule has 0 radical (unpaired) electrons. The highest BCUT2D eigenvalue weighted by molar-refractivity contribution is 5.92. The average Bonchev–Trinajstić information content (AvgIpc) is 3.26. The molecule has 0 amide bonds. The Morgan fingerprint density at radius 3 is 2.68 bits per heavy atom. The van der Waals surface area contributed by atoms with Crippen LogP contribution in [-0.4, -0.2) is 29.7 Å². The molecule has 0 saturated heterocycles. The highest BCUT2D eigenvalue weighted by Crippen LogP contribution is 2.29. The van der Waals surface area contributed by atoms with Gasteiger partial charge in [0.2, 0.25) is 0 Å². The monoisotopic (exact) mass is 391 g/mol. The minimum Gasteiger partial charge on any atom is -0.345 e. The zero-order chi connectivity index (χ0) is 18.4. The first-order chi connectivity index (χ1) is 13.2. The van der Waals surface area contributed by atoms with Gasteiger partial charge in [-0.15, -0.1) is 12.4 Å². The minimum atomic E-state index is 0. The minimum absolute atomic E-state index is 0. The van der Waals surface area contributed by atoms with Crippen molar-refractivity contribution in [3.8, 4) is 11.4 Å². The summed E-state index contributed by atoms with van der Waals surface area (Å²) in [5.74, 6) is 1.39. The third kappa shape index (κ3) is 2.95. The van der Waals surface area contributed by atoms with Gasteiger partial charge < -0.3 is 10.3 Å². The predicted octanol–water partition coefficient (Wildman–Crippen LogP) is 4.38. The van der Waals surface area contributed by atoms with Gasteiger partial charge in [-0.1, -0.05) is 30.3 Å². The summed E-state index contributed by atoms with van der Waals surface area (Å²) in [5.41, 5.74) is 6.35. The van der Waals surface area contributed by atoms with Crippen LogP contribution in [0.4, 0.5) is 11.5 Å². The van der Waals surface area contributed by atoms with Gasteiger partial charge in [0, 0.05) is 18.3 Å². The largest absolute Gasteiger partial charge is 0.345 e. The topological polar surface area (TPSA) is 84.3 Å². The highest BCUT2D eigenvalue weighted by atomic mass is 35.5. The summed E-state index contributed by atoms with van der Waals surface area (Å²) >= 11 is 0. The van der Waals surface area contributed by atoms with Crippen molar-refractivity contribution in [1.29, 1.82) is 0 Å². The molecule has 28 heavy (non-hydrogen) atoms. The summed E-state index contributed by atoms with van der Waals surface area (Å²) in [6, 6.07) is 15.9. The van der Waals surface area contributed by atoms with E-state index in [0.717, 1.165) is 44.8 Å². The second-order valence-corrected chi connectivity index (χ2v) is 6.43. The Kier molecular flexibility index (Phi) is 4.44. The van der Waals surface area contributed by atoms with E-state index in [0.29, 0.717) is 5.82 Å². The molecule has 0 unspecified atom stereocenters. The number of hydrogen-bond acceptors (Lipinski definition) is 5. The molecule has 7 nitrogen and oxygen atoms in total. The predicted molar refractivity (Wildman–Crippen MR) is 113 cm³/mol. The van der Waals surface area contributed by atoms with E-state index < -0.39 is 0 Å². The van der Waals surface area contributed by atoms with E-state index >= 15 is 0 Å². The molecule has 0 aliphatic rings. The van der Waals surface area contributed by atoms with Crippen molar-refractivity contribution in [3.63, 3.8) is 0 Å². The quantitative estimate of drug-likeness (QED) is 0.476. The van der Waals surface area contributed by atoms with Gasteiger partial charge in [0.05, 0.1) is 23.1 Å². The zero-order valence-corrected chi connectivity index (χ0v) is 16.2. The first-order valence-corrected chi connectivity index (χ1v) is 8.66. The first kappa shape index (κ1) is 17.9. The van der Waals surface area contributed by atoms with Crippen LogP contribution < -0.4 is 5.32 Å². The molecule has 2 N–H and O–H groups in total. The van der Waals surface area contributed by atoms with E-state index in [1.807, 2.05) is 67.2 Å². The molecule has 8 heteroatoms. The standard InChI is InChI=1S/C20H17N7.ClH/c1-12-17-18(27(2)26-12)20(25-19(24-17)13-6-4-3-5-7-13)23-14-8-9-15-16(10-14)22-11-21-15;/h3-11H,1-2H3,(H,21,22)(H,23,24,25);1H. The third-order valence-corrected chi connectivity index (χ3v) is 4.57. The number of anilines is 2. The van der Waals surface area contributed by atoms with Gasteiger partial charge in [0.15, 0.2) is 11.6 Å². The molecule has 0 bridgehead atoms. The van der Waals surface area contributed by atoms with E-state index in [9.17, 15) is 0 Å². The molecule has 0 fully saturated rings. The number of hydrogen-bond donors (Lipinski definition) is 2. The molecule has 0 spiro atoms. The zero-order valence-electron chi connectivity index (χ0n) is 15.3. The second-order valence-electron chi connectivity index (χ2n) is 6.43. The lowest BCUT2D eigenvalue weighted by Gasteiger charge is -2.10. The van der Waals surface area contributed by atoms with Crippen LogP contribution in [0, 0.1) is 6.92 Å². The number of aromatic amines is 1. The molecule has 3 aromatic heterocycles. The number of benzene rings is 2. The third-order valence-electron chi connectivity index (χ3n) is 4.57. The summed E-state index contributed by atoms with van der Waals surface area (Å²) in [4.78, 5) is 17.0. The summed E-state index contributed by atoms with van der Waals surface area (Å²) in [5, 5.41) is 7.95. The van der Waals surface area contributed by atoms with Crippen LogP contribution >= 0.6 is 12.4 Å². The highest BCUT2D eigenvalue weighted by Gasteiger charge is 2.16. The van der Waals surface area contributed by atoms with Gasteiger partial charge in [-0.05, 0) is 25.1 Å². The van der Waals surface area contributed by atoms with E-state index in [2.05, 4.69) is 20.4 Å². The Bertz CT molecular complexity index is 1270. The molecule has 140 valence electrons. The summed E-state index contributed by atoms with van der Waals surface area (Å²) < 4.78 is 1.81. The van der Waals surface area contributed by atoms with Crippen LogP contribution in [0.5, 0.6) is 0 Å². The lowest BCUT2D eigenvalue weighted by atomic mass is 10.2. The molecule has 0 aliphatic carbocycles. The van der Waals surface area contributed by atoms with Gasteiger partial charge in [-0.25, -0.2) is 15.0 Å². The fraction of sp³-hybridized carbons (Fsp3) is 0.100. The number of aromatic nitrogens is 6. The van der Waals surface area contributed by atoms with E-state index in [1.165, 1.54) is 0 Å². The van der Waals surface area contributed by atoms with E-state index in [4.69, 9.17) is 9.97 Å². The maximum absolute atomic E-state index is 4.80. The number of aryl methyl sites for hydroxylation is 2. The summed E-state index contributed by atoms with van der Waals surface area (Å²) in [6.45, 7) is 1.96. The molecule has 2 aromatic carbocycles. The van der Waals surface area contributed by atoms with Crippen LogP contribution in [0.25, 0.3) is 33.5 Å². The molecule has 5 aromatic rings.